The number of esters is 2. The molecule has 1 unspecified atom stereocenters. The molecule has 0 saturated carbocycles. The highest BCUT2D eigenvalue weighted by Gasteiger charge is 2.45. The topological polar surface area (TPSA) is 110 Å². The zero-order valence-corrected chi connectivity index (χ0v) is 14.9. The Hall–Kier alpha value is -2.21. The summed E-state index contributed by atoms with van der Waals surface area (Å²) in [6, 6.07) is 4.39. The normalized spacial score (nSPS) is 19.3. The lowest BCUT2D eigenvalue weighted by Crippen LogP contribution is -2.43. The SMILES string of the molecule is CC[N+]1([O-])C=C(C(=O)OC(=O)C(F)(F)F)C(=O)c2cc(SCCN)ccc21. The number of hydroxylamine groups is 2. The predicted molar refractivity (Wildman–Crippen MR) is 91.5 cm³/mol. The van der Waals surface area contributed by atoms with Gasteiger partial charge in [-0.1, -0.05) is 0 Å². The van der Waals surface area contributed by atoms with Crippen LogP contribution >= 0.6 is 11.8 Å². The third-order valence-corrected chi connectivity index (χ3v) is 4.72. The molecule has 7 nitrogen and oxygen atoms in total. The van der Waals surface area contributed by atoms with E-state index in [2.05, 4.69) is 4.74 Å². The van der Waals surface area contributed by atoms with E-state index >= 15 is 0 Å². The molecule has 27 heavy (non-hydrogen) atoms. The second-order valence-electron chi connectivity index (χ2n) is 5.47. The Balaban J connectivity index is 2.43. The third kappa shape index (κ3) is 4.38. The van der Waals surface area contributed by atoms with Gasteiger partial charge in [0.05, 0.1) is 12.1 Å². The van der Waals surface area contributed by atoms with Crippen molar-refractivity contribution >= 4 is 35.2 Å². The van der Waals surface area contributed by atoms with Gasteiger partial charge in [-0.15, -0.1) is 11.8 Å². The number of Topliss-reactive ketones (excluding diaryl/α,β-unsaturated/α-hetero) is 1. The van der Waals surface area contributed by atoms with Gasteiger partial charge in [0.15, 0.2) is 5.57 Å². The van der Waals surface area contributed by atoms with E-state index in [0.717, 1.165) is 0 Å². The number of alkyl halides is 3. The average molecular weight is 404 g/mol. The lowest BCUT2D eigenvalue weighted by Gasteiger charge is -2.41. The van der Waals surface area contributed by atoms with Gasteiger partial charge in [0, 0.05) is 23.3 Å². The van der Waals surface area contributed by atoms with Crippen LogP contribution in [0.25, 0.3) is 0 Å². The molecule has 1 aliphatic rings. The van der Waals surface area contributed by atoms with Gasteiger partial charge in [-0.3, -0.25) is 4.79 Å². The lowest BCUT2D eigenvalue weighted by atomic mass is 9.97. The van der Waals surface area contributed by atoms with Crippen LogP contribution in [0.2, 0.25) is 0 Å². The third-order valence-electron chi connectivity index (χ3n) is 3.70. The summed E-state index contributed by atoms with van der Waals surface area (Å²) in [6.07, 6.45) is -4.75. The highest BCUT2D eigenvalue weighted by molar-refractivity contribution is 7.99. The van der Waals surface area contributed by atoms with Crippen LogP contribution < -0.4 is 10.4 Å². The number of ether oxygens (including phenoxy) is 1. The maximum absolute atomic E-state index is 12.9. The highest BCUT2D eigenvalue weighted by atomic mass is 32.2. The van der Waals surface area contributed by atoms with Crippen LogP contribution in [0.4, 0.5) is 18.9 Å². The zero-order valence-electron chi connectivity index (χ0n) is 14.0. The fourth-order valence-electron chi connectivity index (χ4n) is 2.38. The minimum atomic E-state index is -5.41. The first kappa shape index (κ1) is 21.1. The molecular weight excluding hydrogens is 389 g/mol. The standard InChI is InChI=1S/C16H15F3N2O5S/c1-2-21(25)8-11(14(23)26-15(24)16(17,18)19)13(22)10-7-9(27-6-5-20)3-4-12(10)21/h3-4,7-8H,2,5-6,20H2,1H3. The van der Waals surface area contributed by atoms with Gasteiger partial charge in [0.2, 0.25) is 5.78 Å². The van der Waals surface area contributed by atoms with Gasteiger partial charge >= 0.3 is 18.1 Å². The van der Waals surface area contributed by atoms with Gasteiger partial charge in [-0.05, 0) is 19.1 Å². The van der Waals surface area contributed by atoms with Crippen molar-refractivity contribution in [1.82, 2.24) is 4.65 Å². The summed E-state index contributed by atoms with van der Waals surface area (Å²) in [5, 5.41) is 12.9. The molecule has 2 N–H and O–H groups in total. The molecule has 1 aliphatic heterocycles. The van der Waals surface area contributed by atoms with Crippen LogP contribution in [0.15, 0.2) is 34.9 Å². The number of benzene rings is 1. The Morgan fingerprint density at radius 3 is 2.56 bits per heavy atom. The van der Waals surface area contributed by atoms with Gasteiger partial charge in [0.25, 0.3) is 0 Å². The van der Waals surface area contributed by atoms with Crippen molar-refractivity contribution in [3.05, 3.63) is 40.7 Å². The molecule has 0 amide bonds. The molecule has 1 heterocycles. The molecule has 0 bridgehead atoms. The van der Waals surface area contributed by atoms with Crippen molar-refractivity contribution < 1.29 is 32.3 Å². The number of thioether (sulfide) groups is 1. The number of halogens is 3. The van der Waals surface area contributed by atoms with Crippen molar-refractivity contribution in [3.8, 4) is 0 Å². The molecule has 1 atom stereocenters. The number of quaternary nitrogens is 1. The molecule has 0 aliphatic carbocycles. The summed E-state index contributed by atoms with van der Waals surface area (Å²) in [7, 11) is 0. The molecule has 11 heteroatoms. The minimum absolute atomic E-state index is 0.0401. The number of hydrogen-bond donors (Lipinski definition) is 1. The van der Waals surface area contributed by atoms with Crippen molar-refractivity contribution in [3.63, 3.8) is 0 Å². The number of fused-ring (bicyclic) bond motifs is 1. The summed E-state index contributed by atoms with van der Waals surface area (Å²) < 4.78 is 39.3. The van der Waals surface area contributed by atoms with Gasteiger partial charge in [-0.2, -0.15) is 13.2 Å². The maximum Gasteiger partial charge on any atom is 0.491 e. The summed E-state index contributed by atoms with van der Waals surface area (Å²) in [4.78, 5) is 36.0. The van der Waals surface area contributed by atoms with E-state index < -0.39 is 34.1 Å². The summed E-state index contributed by atoms with van der Waals surface area (Å²) in [5.74, 6) is -5.04. The molecule has 2 rings (SSSR count). The van der Waals surface area contributed by atoms with Crippen LogP contribution in [-0.2, 0) is 14.3 Å². The number of nitrogens with zero attached hydrogens (tertiary/aromatic N) is 1. The molecule has 0 radical (unpaired) electrons. The quantitative estimate of drug-likeness (QED) is 0.200. The maximum atomic E-state index is 12.9. The molecule has 1 aromatic carbocycles. The van der Waals surface area contributed by atoms with Crippen LogP contribution in [0.1, 0.15) is 17.3 Å². The number of hydrogen-bond acceptors (Lipinski definition) is 7. The predicted octanol–water partition coefficient (Wildman–Crippen LogP) is 2.27. The average Bonchev–Trinajstić information content (AvgIpc) is 2.61. The Bertz CT molecular complexity index is 825. The van der Waals surface area contributed by atoms with Crippen molar-refractivity contribution in [2.24, 2.45) is 5.73 Å². The van der Waals surface area contributed by atoms with E-state index in [1.165, 1.54) is 30.8 Å². The largest absolute Gasteiger partial charge is 0.622 e. The van der Waals surface area contributed by atoms with Gasteiger partial charge < -0.3 is 20.3 Å². The molecule has 1 aromatic rings. The van der Waals surface area contributed by atoms with Gasteiger partial charge in [0.1, 0.15) is 11.9 Å². The second-order valence-corrected chi connectivity index (χ2v) is 6.64. The number of carbonyl (C=O) groups is 3. The van der Waals surface area contributed by atoms with E-state index in [1.807, 2.05) is 0 Å². The number of ketones is 1. The summed E-state index contributed by atoms with van der Waals surface area (Å²) >= 11 is 1.30. The minimum Gasteiger partial charge on any atom is -0.622 e. The molecule has 0 fully saturated rings. The van der Waals surface area contributed by atoms with Crippen LogP contribution in [0, 0.1) is 5.21 Å². The summed E-state index contributed by atoms with van der Waals surface area (Å²) in [6.45, 7) is 1.70. The van der Waals surface area contributed by atoms with Crippen LogP contribution in [-0.4, -0.2) is 42.7 Å². The van der Waals surface area contributed by atoms with Crippen molar-refractivity contribution in [2.75, 3.05) is 18.8 Å². The molecular formula is C16H15F3N2O5S. The Morgan fingerprint density at radius 1 is 1.33 bits per heavy atom. The Labute approximate surface area is 156 Å². The lowest BCUT2D eigenvalue weighted by molar-refractivity contribution is -0.200. The van der Waals surface area contributed by atoms with E-state index in [1.54, 1.807) is 6.07 Å². The first-order valence-electron chi connectivity index (χ1n) is 7.70. The fourth-order valence-corrected chi connectivity index (χ4v) is 3.10. The van der Waals surface area contributed by atoms with E-state index in [4.69, 9.17) is 5.73 Å². The number of carbonyl (C=O) groups excluding carboxylic acids is 3. The number of nitrogens with two attached hydrogens (primary N) is 1. The van der Waals surface area contributed by atoms with Gasteiger partial charge in [-0.25, -0.2) is 9.59 Å². The second kappa shape index (κ2) is 7.80. The first-order valence-corrected chi connectivity index (χ1v) is 8.69. The highest BCUT2D eigenvalue weighted by Crippen LogP contribution is 2.37. The van der Waals surface area contributed by atoms with Crippen LogP contribution in [0.5, 0.6) is 0 Å². The smallest absolute Gasteiger partial charge is 0.491 e. The Morgan fingerprint density at radius 2 is 2.00 bits per heavy atom. The first-order chi connectivity index (χ1) is 12.5. The monoisotopic (exact) mass is 404 g/mol. The van der Waals surface area contributed by atoms with Crippen molar-refractivity contribution in [2.45, 2.75) is 18.0 Å². The fraction of sp³-hybridized carbons (Fsp3) is 0.312. The van der Waals surface area contributed by atoms with Crippen molar-refractivity contribution in [1.29, 1.82) is 0 Å². The molecule has 0 saturated heterocycles. The number of rotatable bonds is 5. The summed E-state index contributed by atoms with van der Waals surface area (Å²) in [5.41, 5.74) is 4.40. The Kier molecular flexibility index (Phi) is 6.10. The van der Waals surface area contributed by atoms with E-state index in [9.17, 15) is 32.8 Å². The molecule has 0 spiro atoms. The molecule has 146 valence electrons. The van der Waals surface area contributed by atoms with Crippen LogP contribution in [0.3, 0.4) is 0 Å². The van der Waals surface area contributed by atoms with E-state index in [0.29, 0.717) is 23.4 Å². The van der Waals surface area contributed by atoms with E-state index in [-0.39, 0.29) is 17.8 Å². The molecule has 0 aromatic heterocycles. The zero-order chi connectivity index (χ0) is 20.4.